The summed E-state index contributed by atoms with van der Waals surface area (Å²) in [7, 11) is 0. The van der Waals surface area contributed by atoms with E-state index in [1.807, 2.05) is 0 Å². The fraction of sp³-hybridized carbons (Fsp3) is 0.294. The van der Waals surface area contributed by atoms with Crippen LogP contribution in [0.4, 0.5) is 5.69 Å². The number of fused-ring (bicyclic) bond motifs is 1. The minimum Gasteiger partial charge on any atom is -0.356 e. The van der Waals surface area contributed by atoms with Crippen LogP contribution in [-0.4, -0.2) is 40.3 Å². The Hall–Kier alpha value is -3.16. The molecule has 4 N–H and O–H groups in total. The molecule has 0 unspecified atom stereocenters. The molecular formula is C17H19N5O3. The minimum atomic E-state index is -0.738. The van der Waals surface area contributed by atoms with Crippen molar-refractivity contribution in [2.24, 2.45) is 0 Å². The van der Waals surface area contributed by atoms with Gasteiger partial charge in [-0.05, 0) is 18.6 Å². The number of anilines is 1. The molecule has 0 fully saturated rings. The Kier molecular flexibility index (Phi) is 5.08. The van der Waals surface area contributed by atoms with Crippen LogP contribution in [-0.2, 0) is 16.0 Å². The molecule has 1 atom stereocenters. The number of H-pyrrole nitrogens is 1. The molecule has 1 aliphatic rings. The van der Waals surface area contributed by atoms with Crippen molar-refractivity contribution in [3.05, 3.63) is 48.0 Å². The van der Waals surface area contributed by atoms with Crippen LogP contribution in [0.2, 0.25) is 0 Å². The molecule has 0 aliphatic carbocycles. The van der Waals surface area contributed by atoms with Gasteiger partial charge in [-0.3, -0.25) is 14.4 Å². The van der Waals surface area contributed by atoms with Crippen LogP contribution in [0.5, 0.6) is 0 Å². The van der Waals surface area contributed by atoms with E-state index < -0.39 is 6.04 Å². The van der Waals surface area contributed by atoms with Crippen molar-refractivity contribution in [1.29, 1.82) is 0 Å². The highest BCUT2D eigenvalue weighted by molar-refractivity contribution is 6.09. The van der Waals surface area contributed by atoms with Gasteiger partial charge in [0, 0.05) is 31.3 Å². The summed E-state index contributed by atoms with van der Waals surface area (Å²) in [5, 5.41) is 8.19. The van der Waals surface area contributed by atoms with E-state index in [1.54, 1.807) is 36.8 Å². The van der Waals surface area contributed by atoms with Crippen molar-refractivity contribution >= 4 is 23.4 Å². The first-order valence-electron chi connectivity index (χ1n) is 8.08. The Morgan fingerprint density at radius 3 is 2.88 bits per heavy atom. The van der Waals surface area contributed by atoms with Crippen molar-refractivity contribution in [3.63, 3.8) is 0 Å². The molecule has 130 valence electrons. The van der Waals surface area contributed by atoms with E-state index in [1.165, 1.54) is 0 Å². The highest BCUT2D eigenvalue weighted by Gasteiger charge is 2.27. The Morgan fingerprint density at radius 1 is 1.24 bits per heavy atom. The molecule has 8 heteroatoms. The van der Waals surface area contributed by atoms with Gasteiger partial charge in [-0.15, -0.1) is 0 Å². The zero-order valence-electron chi connectivity index (χ0n) is 13.5. The van der Waals surface area contributed by atoms with Gasteiger partial charge >= 0.3 is 0 Å². The van der Waals surface area contributed by atoms with E-state index >= 15 is 0 Å². The number of hydrogen-bond acceptors (Lipinski definition) is 4. The summed E-state index contributed by atoms with van der Waals surface area (Å²) in [5.41, 5.74) is 1.84. The van der Waals surface area contributed by atoms with Gasteiger partial charge in [-0.25, -0.2) is 4.98 Å². The van der Waals surface area contributed by atoms with Gasteiger partial charge in [0.1, 0.15) is 6.04 Å². The zero-order valence-corrected chi connectivity index (χ0v) is 13.5. The van der Waals surface area contributed by atoms with Crippen molar-refractivity contribution in [1.82, 2.24) is 20.6 Å². The summed E-state index contributed by atoms with van der Waals surface area (Å²) < 4.78 is 0. The molecule has 1 aliphatic heterocycles. The molecule has 3 amide bonds. The first-order valence-corrected chi connectivity index (χ1v) is 8.08. The molecule has 0 radical (unpaired) electrons. The summed E-state index contributed by atoms with van der Waals surface area (Å²) in [4.78, 5) is 43.2. The summed E-state index contributed by atoms with van der Waals surface area (Å²) in [6.45, 7) is 0.482. The van der Waals surface area contributed by atoms with E-state index in [0.29, 0.717) is 24.2 Å². The van der Waals surface area contributed by atoms with E-state index in [4.69, 9.17) is 0 Å². The van der Waals surface area contributed by atoms with Crippen LogP contribution >= 0.6 is 0 Å². The van der Waals surface area contributed by atoms with Gasteiger partial charge in [0.25, 0.3) is 5.91 Å². The number of carbonyl (C=O) groups is 3. The standard InChI is InChI=1S/C17H19N5O3/c23-15(19-8-7-11-9-18-10-20-11)6-5-14-17(25)21-13-4-2-1-3-12(13)16(24)22-14/h1-4,9-10,14H,5-8H2,(H,18,20)(H,19,23)(H,21,25)(H,22,24)/t14-/m0/s1. The average molecular weight is 341 g/mol. The molecule has 0 spiro atoms. The summed E-state index contributed by atoms with van der Waals surface area (Å²) in [6, 6.07) is 6.07. The molecule has 3 rings (SSSR count). The van der Waals surface area contributed by atoms with Gasteiger partial charge in [-0.1, -0.05) is 12.1 Å². The monoisotopic (exact) mass is 341 g/mol. The molecule has 0 saturated carbocycles. The quantitative estimate of drug-likeness (QED) is 0.615. The van der Waals surface area contributed by atoms with E-state index in [9.17, 15) is 14.4 Å². The highest BCUT2D eigenvalue weighted by Crippen LogP contribution is 2.19. The molecule has 2 heterocycles. The van der Waals surface area contributed by atoms with Crippen molar-refractivity contribution in [3.8, 4) is 0 Å². The number of aromatic amines is 1. The highest BCUT2D eigenvalue weighted by atomic mass is 16.2. The Labute approximate surface area is 144 Å². The molecule has 2 aromatic rings. The third-order valence-electron chi connectivity index (χ3n) is 3.98. The maximum absolute atomic E-state index is 12.2. The lowest BCUT2D eigenvalue weighted by molar-refractivity contribution is -0.121. The number of nitrogens with zero attached hydrogens (tertiary/aromatic N) is 1. The van der Waals surface area contributed by atoms with Crippen LogP contribution in [0, 0.1) is 0 Å². The van der Waals surface area contributed by atoms with Crippen LogP contribution in [0.1, 0.15) is 28.9 Å². The second-order valence-corrected chi connectivity index (χ2v) is 5.78. The third-order valence-corrected chi connectivity index (χ3v) is 3.98. The first kappa shape index (κ1) is 16.7. The second-order valence-electron chi connectivity index (χ2n) is 5.78. The van der Waals surface area contributed by atoms with Gasteiger partial charge in [0.2, 0.25) is 11.8 Å². The number of nitrogens with one attached hydrogen (secondary N) is 4. The van der Waals surface area contributed by atoms with Gasteiger partial charge in [0.05, 0.1) is 17.6 Å². The number of rotatable bonds is 6. The van der Waals surface area contributed by atoms with Gasteiger partial charge < -0.3 is 20.9 Å². The van der Waals surface area contributed by atoms with Gasteiger partial charge in [-0.2, -0.15) is 0 Å². The predicted molar refractivity (Wildman–Crippen MR) is 90.9 cm³/mol. The van der Waals surface area contributed by atoms with Gasteiger partial charge in [0.15, 0.2) is 0 Å². The lowest BCUT2D eigenvalue weighted by atomic mass is 10.1. The predicted octanol–water partition coefficient (Wildman–Crippen LogP) is 0.599. The number of carbonyl (C=O) groups excluding carboxylic acids is 3. The molecule has 1 aromatic carbocycles. The number of benzene rings is 1. The third kappa shape index (κ3) is 4.23. The molecule has 8 nitrogen and oxygen atoms in total. The Balaban J connectivity index is 1.48. The van der Waals surface area contributed by atoms with Crippen molar-refractivity contribution in [2.45, 2.75) is 25.3 Å². The Morgan fingerprint density at radius 2 is 2.08 bits per heavy atom. The number of para-hydroxylation sites is 1. The largest absolute Gasteiger partial charge is 0.356 e. The summed E-state index contributed by atoms with van der Waals surface area (Å²) in [6.07, 6.45) is 4.33. The maximum Gasteiger partial charge on any atom is 0.254 e. The lowest BCUT2D eigenvalue weighted by Gasteiger charge is -2.14. The first-order chi connectivity index (χ1) is 12.1. The number of aromatic nitrogens is 2. The molecule has 0 saturated heterocycles. The summed E-state index contributed by atoms with van der Waals surface area (Å²) >= 11 is 0. The number of hydrogen-bond donors (Lipinski definition) is 4. The van der Waals surface area contributed by atoms with Crippen LogP contribution < -0.4 is 16.0 Å². The molecular weight excluding hydrogens is 322 g/mol. The van der Waals surface area contributed by atoms with Crippen LogP contribution in [0.25, 0.3) is 0 Å². The zero-order chi connectivity index (χ0) is 17.6. The second kappa shape index (κ2) is 7.61. The summed E-state index contributed by atoms with van der Waals surface area (Å²) in [5.74, 6) is -0.800. The van der Waals surface area contributed by atoms with Crippen LogP contribution in [0.3, 0.4) is 0 Å². The van der Waals surface area contributed by atoms with Crippen LogP contribution in [0.15, 0.2) is 36.8 Å². The van der Waals surface area contributed by atoms with Crippen molar-refractivity contribution in [2.75, 3.05) is 11.9 Å². The molecule has 0 bridgehead atoms. The number of amides is 3. The average Bonchev–Trinajstić information content (AvgIpc) is 3.08. The van der Waals surface area contributed by atoms with E-state index in [-0.39, 0.29) is 30.6 Å². The van der Waals surface area contributed by atoms with E-state index in [2.05, 4.69) is 25.9 Å². The SMILES string of the molecule is O=C(CC[C@@H]1NC(=O)c2ccccc2NC1=O)NCCc1cnc[nH]1. The fourth-order valence-electron chi connectivity index (χ4n) is 2.64. The smallest absolute Gasteiger partial charge is 0.254 e. The normalized spacial score (nSPS) is 16.4. The Bertz CT molecular complexity index is 772. The number of imidazole rings is 1. The maximum atomic E-state index is 12.2. The fourth-order valence-corrected chi connectivity index (χ4v) is 2.64. The molecule has 25 heavy (non-hydrogen) atoms. The van der Waals surface area contributed by atoms with E-state index in [0.717, 1.165) is 5.69 Å². The molecule has 1 aromatic heterocycles. The lowest BCUT2D eigenvalue weighted by Crippen LogP contribution is -2.42. The van der Waals surface area contributed by atoms with Crippen molar-refractivity contribution < 1.29 is 14.4 Å². The minimum absolute atomic E-state index is 0.150. The topological polar surface area (TPSA) is 116 Å².